The van der Waals surface area contributed by atoms with Gasteiger partial charge in [-0.15, -0.1) is 0 Å². The minimum atomic E-state index is -0.145. The average Bonchev–Trinajstić information content (AvgIpc) is 2.95. The molecule has 1 aliphatic rings. The predicted molar refractivity (Wildman–Crippen MR) is 110 cm³/mol. The standard InChI is InChI=1S/C23H27NO4/c1-16(2)23(18-9-10-20-21(15-18)28-13-5-12-27-20)24-22(25)11-8-17-6-4-7-19(14-17)26-3/h4,6-11,14-16,23H,5,12-13H2,1-3H3,(H,24,25). The highest BCUT2D eigenvalue weighted by Gasteiger charge is 2.20. The lowest BCUT2D eigenvalue weighted by Gasteiger charge is -2.23. The van der Waals surface area contributed by atoms with Crippen molar-refractivity contribution in [2.24, 2.45) is 5.92 Å². The van der Waals surface area contributed by atoms with E-state index in [2.05, 4.69) is 19.2 Å². The molecule has 1 unspecified atom stereocenters. The van der Waals surface area contributed by atoms with Gasteiger partial charge in [0.2, 0.25) is 5.91 Å². The minimum Gasteiger partial charge on any atom is -0.497 e. The van der Waals surface area contributed by atoms with Crippen molar-refractivity contribution in [2.75, 3.05) is 20.3 Å². The Kier molecular flexibility index (Phi) is 6.58. The molecule has 5 nitrogen and oxygen atoms in total. The third-order valence-electron chi connectivity index (χ3n) is 4.62. The van der Waals surface area contributed by atoms with E-state index in [1.54, 1.807) is 19.3 Å². The van der Waals surface area contributed by atoms with Gasteiger partial charge in [0, 0.05) is 12.5 Å². The fourth-order valence-corrected chi connectivity index (χ4v) is 3.13. The van der Waals surface area contributed by atoms with E-state index in [-0.39, 0.29) is 17.9 Å². The summed E-state index contributed by atoms with van der Waals surface area (Å²) in [5, 5.41) is 3.10. The van der Waals surface area contributed by atoms with E-state index in [0.717, 1.165) is 34.8 Å². The molecule has 0 saturated heterocycles. The van der Waals surface area contributed by atoms with Gasteiger partial charge < -0.3 is 19.5 Å². The summed E-state index contributed by atoms with van der Waals surface area (Å²) in [5.41, 5.74) is 1.91. The number of carbonyl (C=O) groups is 1. The second kappa shape index (κ2) is 9.31. The average molecular weight is 381 g/mol. The molecule has 2 aromatic carbocycles. The maximum Gasteiger partial charge on any atom is 0.244 e. The Hall–Kier alpha value is -2.95. The zero-order valence-electron chi connectivity index (χ0n) is 16.6. The molecule has 0 bridgehead atoms. The summed E-state index contributed by atoms with van der Waals surface area (Å²) < 4.78 is 16.7. The summed E-state index contributed by atoms with van der Waals surface area (Å²) in [6.45, 7) is 5.46. The number of hydrogen-bond donors (Lipinski definition) is 1. The quantitative estimate of drug-likeness (QED) is 0.755. The summed E-state index contributed by atoms with van der Waals surface area (Å²) >= 11 is 0. The number of rotatable bonds is 6. The molecule has 148 valence electrons. The Morgan fingerprint density at radius 3 is 2.64 bits per heavy atom. The Morgan fingerprint density at radius 1 is 1.11 bits per heavy atom. The molecule has 0 aliphatic carbocycles. The van der Waals surface area contributed by atoms with Gasteiger partial charge in [-0.3, -0.25) is 4.79 Å². The molecular formula is C23H27NO4. The summed E-state index contributed by atoms with van der Waals surface area (Å²) in [5.74, 6) is 2.33. The van der Waals surface area contributed by atoms with Crippen LogP contribution in [-0.4, -0.2) is 26.2 Å². The second-order valence-corrected chi connectivity index (χ2v) is 7.10. The predicted octanol–water partition coefficient (Wildman–Crippen LogP) is 4.38. The van der Waals surface area contributed by atoms with Crippen LogP contribution in [0.5, 0.6) is 17.2 Å². The molecule has 3 rings (SSSR count). The normalized spacial score (nSPS) is 14.6. The third-order valence-corrected chi connectivity index (χ3v) is 4.62. The first-order valence-corrected chi connectivity index (χ1v) is 9.59. The van der Waals surface area contributed by atoms with Crippen molar-refractivity contribution in [1.29, 1.82) is 0 Å². The molecule has 0 radical (unpaired) electrons. The molecule has 1 atom stereocenters. The van der Waals surface area contributed by atoms with Crippen LogP contribution in [0.1, 0.15) is 37.4 Å². The van der Waals surface area contributed by atoms with Crippen LogP contribution in [0.2, 0.25) is 0 Å². The number of ether oxygens (including phenoxy) is 3. The van der Waals surface area contributed by atoms with Crippen LogP contribution in [0.4, 0.5) is 0 Å². The lowest BCUT2D eigenvalue weighted by molar-refractivity contribution is -0.117. The highest BCUT2D eigenvalue weighted by molar-refractivity contribution is 5.92. The van der Waals surface area contributed by atoms with Crippen LogP contribution in [-0.2, 0) is 4.79 Å². The molecule has 1 heterocycles. The smallest absolute Gasteiger partial charge is 0.244 e. The zero-order valence-corrected chi connectivity index (χ0v) is 16.6. The Bertz CT molecular complexity index is 844. The monoisotopic (exact) mass is 381 g/mol. The van der Waals surface area contributed by atoms with Gasteiger partial charge in [-0.25, -0.2) is 0 Å². The number of amides is 1. The first kappa shape index (κ1) is 19.8. The summed E-state index contributed by atoms with van der Waals surface area (Å²) in [7, 11) is 1.62. The van der Waals surface area contributed by atoms with Gasteiger partial charge in [0.15, 0.2) is 11.5 Å². The van der Waals surface area contributed by atoms with Crippen molar-refractivity contribution in [3.8, 4) is 17.2 Å². The molecule has 0 aromatic heterocycles. The van der Waals surface area contributed by atoms with Gasteiger partial charge in [0.25, 0.3) is 0 Å². The number of methoxy groups -OCH3 is 1. The van der Waals surface area contributed by atoms with E-state index in [4.69, 9.17) is 14.2 Å². The van der Waals surface area contributed by atoms with Gasteiger partial charge in [0.1, 0.15) is 5.75 Å². The molecule has 0 saturated carbocycles. The second-order valence-electron chi connectivity index (χ2n) is 7.10. The van der Waals surface area contributed by atoms with Crippen molar-refractivity contribution in [3.63, 3.8) is 0 Å². The summed E-state index contributed by atoms with van der Waals surface area (Å²) in [4.78, 5) is 12.5. The van der Waals surface area contributed by atoms with E-state index < -0.39 is 0 Å². The first-order valence-electron chi connectivity index (χ1n) is 9.59. The number of hydrogen-bond acceptors (Lipinski definition) is 4. The SMILES string of the molecule is COc1cccc(C=CC(=O)NC(c2ccc3c(c2)OCCCO3)C(C)C)c1. The number of carbonyl (C=O) groups excluding carboxylic acids is 1. The fraction of sp³-hybridized carbons (Fsp3) is 0.348. The highest BCUT2D eigenvalue weighted by Crippen LogP contribution is 2.34. The fourth-order valence-electron chi connectivity index (χ4n) is 3.13. The topological polar surface area (TPSA) is 56.8 Å². The Balaban J connectivity index is 1.73. The largest absolute Gasteiger partial charge is 0.497 e. The van der Waals surface area contributed by atoms with Gasteiger partial charge in [-0.2, -0.15) is 0 Å². The molecule has 0 fully saturated rings. The van der Waals surface area contributed by atoms with Crippen LogP contribution >= 0.6 is 0 Å². The van der Waals surface area contributed by atoms with Gasteiger partial charge in [-0.05, 0) is 47.4 Å². The van der Waals surface area contributed by atoms with Gasteiger partial charge >= 0.3 is 0 Å². The van der Waals surface area contributed by atoms with E-state index >= 15 is 0 Å². The van der Waals surface area contributed by atoms with E-state index in [1.807, 2.05) is 42.5 Å². The van der Waals surface area contributed by atoms with Crippen LogP contribution in [0.15, 0.2) is 48.5 Å². The van der Waals surface area contributed by atoms with Gasteiger partial charge in [-0.1, -0.05) is 32.0 Å². The molecule has 1 N–H and O–H groups in total. The van der Waals surface area contributed by atoms with E-state index in [0.29, 0.717) is 13.2 Å². The Morgan fingerprint density at radius 2 is 1.89 bits per heavy atom. The zero-order chi connectivity index (χ0) is 19.9. The molecule has 0 spiro atoms. The van der Waals surface area contributed by atoms with Crippen LogP contribution in [0, 0.1) is 5.92 Å². The maximum absolute atomic E-state index is 12.5. The van der Waals surface area contributed by atoms with E-state index in [1.165, 1.54) is 0 Å². The van der Waals surface area contributed by atoms with Crippen molar-refractivity contribution in [3.05, 3.63) is 59.7 Å². The van der Waals surface area contributed by atoms with E-state index in [9.17, 15) is 4.79 Å². The van der Waals surface area contributed by atoms with Crippen LogP contribution < -0.4 is 19.5 Å². The third kappa shape index (κ3) is 5.06. The highest BCUT2D eigenvalue weighted by atomic mass is 16.5. The minimum absolute atomic E-state index is 0.125. The van der Waals surface area contributed by atoms with Crippen LogP contribution in [0.25, 0.3) is 6.08 Å². The molecule has 2 aromatic rings. The number of fused-ring (bicyclic) bond motifs is 1. The Labute approximate surface area is 166 Å². The number of nitrogens with one attached hydrogen (secondary N) is 1. The molecule has 1 aliphatic heterocycles. The molecule has 5 heteroatoms. The summed E-state index contributed by atoms with van der Waals surface area (Å²) in [6.07, 6.45) is 4.19. The maximum atomic E-state index is 12.5. The van der Waals surface area contributed by atoms with Gasteiger partial charge in [0.05, 0.1) is 26.4 Å². The summed E-state index contributed by atoms with van der Waals surface area (Å²) in [6, 6.07) is 13.3. The van der Waals surface area contributed by atoms with Crippen molar-refractivity contribution < 1.29 is 19.0 Å². The molecule has 28 heavy (non-hydrogen) atoms. The van der Waals surface area contributed by atoms with Crippen LogP contribution in [0.3, 0.4) is 0 Å². The molecule has 1 amide bonds. The molecular weight excluding hydrogens is 354 g/mol. The van der Waals surface area contributed by atoms with Crippen molar-refractivity contribution in [2.45, 2.75) is 26.3 Å². The number of benzene rings is 2. The van der Waals surface area contributed by atoms with Crippen molar-refractivity contribution >= 4 is 12.0 Å². The lowest BCUT2D eigenvalue weighted by atomic mass is 9.95. The lowest BCUT2D eigenvalue weighted by Crippen LogP contribution is -2.30. The first-order chi connectivity index (χ1) is 13.6. The van der Waals surface area contributed by atoms with Crippen molar-refractivity contribution in [1.82, 2.24) is 5.32 Å².